The molecule has 0 spiro atoms. The van der Waals surface area contributed by atoms with E-state index < -0.39 is 19.1 Å². The van der Waals surface area contributed by atoms with Crippen molar-refractivity contribution < 1.29 is 14.2 Å². The van der Waals surface area contributed by atoms with Gasteiger partial charge < -0.3 is 0 Å². The summed E-state index contributed by atoms with van der Waals surface area (Å²) in [6.07, 6.45) is 0. The van der Waals surface area contributed by atoms with E-state index in [4.69, 9.17) is 34.8 Å². The van der Waals surface area contributed by atoms with Gasteiger partial charge in [-0.3, -0.25) is 14.2 Å². The van der Waals surface area contributed by atoms with Gasteiger partial charge in [0.25, 0.3) is 0 Å². The average molecular weight is 465 g/mol. The van der Waals surface area contributed by atoms with Crippen LogP contribution in [0.3, 0.4) is 0 Å². The number of aryl methyl sites for hydroxylation is 2. The highest BCUT2D eigenvalue weighted by Gasteiger charge is 2.27. The summed E-state index contributed by atoms with van der Waals surface area (Å²) in [5.74, 6) is -0.523. The van der Waals surface area contributed by atoms with Crippen LogP contribution in [0.5, 0.6) is 0 Å². The van der Waals surface area contributed by atoms with Gasteiger partial charge in [-0.15, -0.1) is 0 Å². The molecule has 0 aliphatic rings. The lowest BCUT2D eigenvalue weighted by Crippen LogP contribution is -2.17. The van der Waals surface area contributed by atoms with E-state index in [0.717, 1.165) is 11.1 Å². The monoisotopic (exact) mass is 463 g/mol. The van der Waals surface area contributed by atoms with Crippen molar-refractivity contribution in [2.75, 3.05) is 0 Å². The number of carbonyl (C=O) groups excluding carboxylic acids is 2. The predicted molar refractivity (Wildman–Crippen MR) is 119 cm³/mol. The van der Waals surface area contributed by atoms with Gasteiger partial charge in [-0.05, 0) is 49.2 Å². The van der Waals surface area contributed by atoms with Gasteiger partial charge in [0.15, 0.2) is 13.6 Å². The lowest BCUT2D eigenvalue weighted by atomic mass is 10.0. The van der Waals surface area contributed by atoms with Crippen molar-refractivity contribution in [3.8, 4) is 0 Å². The molecule has 0 N–H and O–H groups in total. The molecule has 3 rings (SSSR count). The van der Waals surface area contributed by atoms with Gasteiger partial charge in [0, 0.05) is 16.1 Å². The molecule has 0 fully saturated rings. The number of halogens is 3. The highest BCUT2D eigenvalue weighted by atomic mass is 35.5. The molecular weight excluding hydrogens is 450 g/mol. The first-order chi connectivity index (χ1) is 13.7. The summed E-state index contributed by atoms with van der Waals surface area (Å²) in [6.45, 7) is 3.57. The van der Waals surface area contributed by atoms with E-state index in [1.807, 2.05) is 6.07 Å². The Morgan fingerprint density at radius 3 is 1.93 bits per heavy atom. The molecule has 29 heavy (non-hydrogen) atoms. The number of rotatable bonds is 5. The maximum atomic E-state index is 13.2. The summed E-state index contributed by atoms with van der Waals surface area (Å²) in [7, 11) is -2.54. The molecule has 0 saturated carbocycles. The Morgan fingerprint density at radius 2 is 1.34 bits per heavy atom. The van der Waals surface area contributed by atoms with Crippen LogP contribution in [0.2, 0.25) is 15.1 Å². The minimum absolute atomic E-state index is 0.0492. The number of hydrogen-bond donors (Lipinski definition) is 0. The fourth-order valence-electron chi connectivity index (χ4n) is 3.10. The third kappa shape index (κ3) is 4.29. The molecule has 0 saturated heterocycles. The van der Waals surface area contributed by atoms with E-state index in [-0.39, 0.29) is 26.5 Å². The maximum Gasteiger partial charge on any atom is 0.247 e. The first-order valence-corrected chi connectivity index (χ1v) is 11.0. The number of carbonyl (C=O) groups is 2. The van der Waals surface area contributed by atoms with Crippen molar-refractivity contribution in [3.05, 3.63) is 97.5 Å². The Balaban J connectivity index is 2.10. The fourth-order valence-corrected chi connectivity index (χ4v) is 5.48. The zero-order chi connectivity index (χ0) is 21.3. The van der Waals surface area contributed by atoms with Crippen LogP contribution in [-0.2, 0) is 4.57 Å². The highest BCUT2D eigenvalue weighted by molar-refractivity contribution is 7.71. The van der Waals surface area contributed by atoms with Crippen molar-refractivity contribution in [1.29, 1.82) is 0 Å². The molecule has 147 valence electrons. The Kier molecular flexibility index (Phi) is 6.55. The Bertz CT molecular complexity index is 1130. The Morgan fingerprint density at radius 1 is 0.793 bits per heavy atom. The first-order valence-electron chi connectivity index (χ1n) is 8.58. The smallest absolute Gasteiger partial charge is 0.247 e. The van der Waals surface area contributed by atoms with Gasteiger partial charge >= 0.3 is 0 Å². The summed E-state index contributed by atoms with van der Waals surface area (Å²) < 4.78 is 13.2. The predicted octanol–water partition coefficient (Wildman–Crippen LogP) is 6.79. The summed E-state index contributed by atoms with van der Waals surface area (Å²) >= 11 is 18.3. The summed E-state index contributed by atoms with van der Waals surface area (Å²) in [4.78, 5) is 26.2. The number of benzene rings is 3. The molecular formula is C22H15Cl3O3P. The lowest BCUT2D eigenvalue weighted by Gasteiger charge is -2.12. The lowest BCUT2D eigenvalue weighted by molar-refractivity contribution is 0.103. The summed E-state index contributed by atoms with van der Waals surface area (Å²) in [6, 6.07) is 14.5. The van der Waals surface area contributed by atoms with Crippen LogP contribution in [-0.4, -0.2) is 11.3 Å². The second kappa shape index (κ2) is 8.77. The van der Waals surface area contributed by atoms with Crippen molar-refractivity contribution in [1.82, 2.24) is 0 Å². The topological polar surface area (TPSA) is 51.2 Å². The molecule has 0 aromatic heterocycles. The largest absolute Gasteiger partial charge is 0.288 e. The van der Waals surface area contributed by atoms with E-state index in [2.05, 4.69) is 0 Å². The fraction of sp³-hybridized carbons (Fsp3) is 0.0909. The molecule has 1 unspecified atom stereocenters. The van der Waals surface area contributed by atoms with E-state index in [1.54, 1.807) is 38.1 Å². The quantitative estimate of drug-likeness (QED) is 0.309. The van der Waals surface area contributed by atoms with Crippen LogP contribution < -0.4 is 5.30 Å². The van der Waals surface area contributed by atoms with Gasteiger partial charge in [-0.2, -0.15) is 0 Å². The van der Waals surface area contributed by atoms with Crippen LogP contribution in [0.4, 0.5) is 0 Å². The third-order valence-electron chi connectivity index (χ3n) is 4.48. The van der Waals surface area contributed by atoms with Crippen molar-refractivity contribution in [3.63, 3.8) is 0 Å². The van der Waals surface area contributed by atoms with Crippen LogP contribution >= 0.6 is 42.6 Å². The molecule has 0 heterocycles. The normalized spacial score (nSPS) is 11.3. The van der Waals surface area contributed by atoms with E-state index in [9.17, 15) is 14.2 Å². The van der Waals surface area contributed by atoms with Gasteiger partial charge in [-0.25, -0.2) is 0 Å². The number of hydrogen-bond acceptors (Lipinski definition) is 3. The number of ketones is 1. The molecule has 0 bridgehead atoms. The molecule has 3 nitrogen and oxygen atoms in total. The van der Waals surface area contributed by atoms with Gasteiger partial charge in [0.1, 0.15) is 0 Å². The van der Waals surface area contributed by atoms with E-state index in [1.165, 1.54) is 24.3 Å². The van der Waals surface area contributed by atoms with Crippen molar-refractivity contribution >= 4 is 59.2 Å². The summed E-state index contributed by atoms with van der Waals surface area (Å²) in [5, 5.41) is 0.598. The van der Waals surface area contributed by atoms with Crippen LogP contribution in [0, 0.1) is 13.8 Å². The minimum Gasteiger partial charge on any atom is -0.288 e. The van der Waals surface area contributed by atoms with Gasteiger partial charge in [0.2, 0.25) is 5.52 Å². The SMILES string of the molecule is Cc1cccc(C)c1C(=O)[P](=O)c1ccccc1C(=O)c1c(Cl)cc(Cl)cc1Cl. The Hall–Kier alpha value is -2.03. The van der Waals surface area contributed by atoms with Crippen molar-refractivity contribution in [2.24, 2.45) is 0 Å². The molecule has 1 radical (unpaired) electrons. The molecule has 0 aliphatic heterocycles. The zero-order valence-corrected chi connectivity index (χ0v) is 18.7. The molecule has 3 aromatic carbocycles. The molecule has 3 aromatic rings. The molecule has 7 heteroatoms. The van der Waals surface area contributed by atoms with E-state index >= 15 is 0 Å². The first kappa shape index (κ1) is 21.7. The van der Waals surface area contributed by atoms with E-state index in [0.29, 0.717) is 10.6 Å². The minimum atomic E-state index is -2.54. The average Bonchev–Trinajstić information content (AvgIpc) is 2.66. The summed E-state index contributed by atoms with van der Waals surface area (Å²) in [5.41, 5.74) is 1.49. The van der Waals surface area contributed by atoms with Gasteiger partial charge in [0.05, 0.1) is 20.9 Å². The standard InChI is InChI=1S/C22H15Cl3O3P/c1-12-6-5-7-13(2)19(12)22(27)29(28)18-9-4-3-8-15(18)21(26)20-16(24)10-14(23)11-17(20)25/h3-11H,1-2H3. The Labute approximate surface area is 184 Å². The second-order valence-electron chi connectivity index (χ2n) is 6.46. The molecule has 0 amide bonds. The van der Waals surface area contributed by atoms with Crippen LogP contribution in [0.1, 0.15) is 37.4 Å². The molecule has 0 aliphatic carbocycles. The van der Waals surface area contributed by atoms with Gasteiger partial charge in [-0.1, -0.05) is 65.1 Å². The van der Waals surface area contributed by atoms with Crippen LogP contribution in [0.25, 0.3) is 0 Å². The zero-order valence-electron chi connectivity index (χ0n) is 15.5. The second-order valence-corrected chi connectivity index (χ2v) is 9.18. The maximum absolute atomic E-state index is 13.2. The highest BCUT2D eigenvalue weighted by Crippen LogP contribution is 2.34. The molecule has 1 atom stereocenters. The van der Waals surface area contributed by atoms with Crippen molar-refractivity contribution in [2.45, 2.75) is 13.8 Å². The van der Waals surface area contributed by atoms with Crippen LogP contribution in [0.15, 0.2) is 54.6 Å². The third-order valence-corrected chi connectivity index (χ3v) is 6.72.